The van der Waals surface area contributed by atoms with Crippen LogP contribution < -0.4 is 5.32 Å². The minimum Gasteiger partial charge on any atom is -0.379 e. The molecule has 2 rings (SSSR count). The Balaban J connectivity index is 2.14. The van der Waals surface area contributed by atoms with E-state index in [1.54, 1.807) is 16.9 Å². The van der Waals surface area contributed by atoms with Crippen molar-refractivity contribution < 1.29 is 4.39 Å². The summed E-state index contributed by atoms with van der Waals surface area (Å²) in [6.07, 6.45) is 1.74. The van der Waals surface area contributed by atoms with Crippen LogP contribution in [0.2, 0.25) is 0 Å². The zero-order valence-corrected chi connectivity index (χ0v) is 11.3. The molecule has 5 heteroatoms. The van der Waals surface area contributed by atoms with Gasteiger partial charge in [0.15, 0.2) is 0 Å². The molecule has 1 N–H and O–H groups in total. The standard InChI is InChI=1S/C12H13BrFN3/c1-8-5-10(13)11(14)6-12(8)15-7-9-3-4-16-17(9)2/h3-6,15H,7H2,1-2H3. The average molecular weight is 298 g/mol. The molecule has 90 valence electrons. The number of aryl methyl sites for hydroxylation is 2. The molecule has 0 bridgehead atoms. The Morgan fingerprint density at radius 3 is 2.88 bits per heavy atom. The number of benzene rings is 1. The minimum absolute atomic E-state index is 0.261. The highest BCUT2D eigenvalue weighted by molar-refractivity contribution is 9.10. The summed E-state index contributed by atoms with van der Waals surface area (Å²) in [5, 5.41) is 7.28. The van der Waals surface area contributed by atoms with Gasteiger partial charge in [0.25, 0.3) is 0 Å². The maximum absolute atomic E-state index is 13.4. The number of hydrogen-bond donors (Lipinski definition) is 1. The zero-order valence-electron chi connectivity index (χ0n) is 9.67. The van der Waals surface area contributed by atoms with Crippen LogP contribution in [0.3, 0.4) is 0 Å². The van der Waals surface area contributed by atoms with Crippen LogP contribution in [-0.4, -0.2) is 9.78 Å². The van der Waals surface area contributed by atoms with Gasteiger partial charge in [-0.05, 0) is 46.6 Å². The smallest absolute Gasteiger partial charge is 0.139 e. The number of hydrogen-bond acceptors (Lipinski definition) is 2. The van der Waals surface area contributed by atoms with Crippen molar-refractivity contribution in [3.8, 4) is 0 Å². The predicted octanol–water partition coefficient (Wildman–Crippen LogP) is 3.24. The third-order valence-electron chi connectivity index (χ3n) is 2.65. The van der Waals surface area contributed by atoms with Crippen LogP contribution in [0.25, 0.3) is 0 Å². The summed E-state index contributed by atoms with van der Waals surface area (Å²) in [5.41, 5.74) is 2.85. The number of halogens is 2. The highest BCUT2D eigenvalue weighted by Gasteiger charge is 2.05. The molecule has 0 atom stereocenters. The summed E-state index contributed by atoms with van der Waals surface area (Å²) in [4.78, 5) is 0. The molecule has 1 heterocycles. The van der Waals surface area contributed by atoms with Gasteiger partial charge in [-0.2, -0.15) is 5.10 Å². The number of aromatic nitrogens is 2. The van der Waals surface area contributed by atoms with Crippen LogP contribution in [0.5, 0.6) is 0 Å². The summed E-state index contributed by atoms with van der Waals surface area (Å²) in [6, 6.07) is 5.19. The van der Waals surface area contributed by atoms with Gasteiger partial charge in [-0.3, -0.25) is 4.68 Å². The van der Waals surface area contributed by atoms with Crippen molar-refractivity contribution >= 4 is 21.6 Å². The van der Waals surface area contributed by atoms with E-state index in [1.165, 1.54) is 6.07 Å². The van der Waals surface area contributed by atoms with E-state index in [0.717, 1.165) is 16.9 Å². The van der Waals surface area contributed by atoms with E-state index < -0.39 is 0 Å². The second-order valence-corrected chi connectivity index (χ2v) is 4.74. The van der Waals surface area contributed by atoms with Crippen LogP contribution in [0.4, 0.5) is 10.1 Å². The first-order valence-corrected chi connectivity index (χ1v) is 6.03. The Hall–Kier alpha value is -1.36. The molecule has 0 aliphatic carbocycles. The van der Waals surface area contributed by atoms with Crippen molar-refractivity contribution in [2.75, 3.05) is 5.32 Å². The van der Waals surface area contributed by atoms with Crippen LogP contribution in [0.1, 0.15) is 11.3 Å². The molecule has 1 aromatic heterocycles. The summed E-state index contributed by atoms with van der Waals surface area (Å²) >= 11 is 3.16. The van der Waals surface area contributed by atoms with Gasteiger partial charge in [0.2, 0.25) is 0 Å². The molecule has 0 spiro atoms. The lowest BCUT2D eigenvalue weighted by atomic mass is 10.2. The van der Waals surface area contributed by atoms with Crippen molar-refractivity contribution in [1.29, 1.82) is 0 Å². The van der Waals surface area contributed by atoms with E-state index in [0.29, 0.717) is 11.0 Å². The molecule has 17 heavy (non-hydrogen) atoms. The van der Waals surface area contributed by atoms with Gasteiger partial charge in [0, 0.05) is 18.9 Å². The quantitative estimate of drug-likeness (QED) is 0.942. The summed E-state index contributed by atoms with van der Waals surface area (Å²) in [7, 11) is 1.88. The van der Waals surface area contributed by atoms with Gasteiger partial charge in [0.05, 0.1) is 16.7 Å². The van der Waals surface area contributed by atoms with Crippen LogP contribution in [0.15, 0.2) is 28.9 Å². The van der Waals surface area contributed by atoms with Gasteiger partial charge in [-0.15, -0.1) is 0 Å². The fraction of sp³-hybridized carbons (Fsp3) is 0.250. The second-order valence-electron chi connectivity index (χ2n) is 3.88. The summed E-state index contributed by atoms with van der Waals surface area (Å²) in [6.45, 7) is 2.56. The van der Waals surface area contributed by atoms with Gasteiger partial charge in [0.1, 0.15) is 5.82 Å². The lowest BCUT2D eigenvalue weighted by molar-refractivity contribution is 0.621. The van der Waals surface area contributed by atoms with E-state index in [2.05, 4.69) is 26.3 Å². The number of nitrogens with one attached hydrogen (secondary N) is 1. The molecule has 0 aliphatic rings. The van der Waals surface area contributed by atoms with E-state index in [-0.39, 0.29) is 5.82 Å². The first-order chi connectivity index (χ1) is 8.08. The first-order valence-electron chi connectivity index (χ1n) is 5.24. The molecule has 0 radical (unpaired) electrons. The van der Waals surface area contributed by atoms with Crippen LogP contribution >= 0.6 is 15.9 Å². The average Bonchev–Trinajstić information content (AvgIpc) is 2.68. The number of anilines is 1. The van der Waals surface area contributed by atoms with Crippen LogP contribution in [0, 0.1) is 12.7 Å². The summed E-state index contributed by atoms with van der Waals surface area (Å²) < 4.78 is 15.7. The monoisotopic (exact) mass is 297 g/mol. The Kier molecular flexibility index (Phi) is 3.47. The Bertz CT molecular complexity index is 537. The van der Waals surface area contributed by atoms with Gasteiger partial charge in [-0.25, -0.2) is 4.39 Å². The van der Waals surface area contributed by atoms with E-state index in [1.807, 2.05) is 20.0 Å². The van der Waals surface area contributed by atoms with E-state index >= 15 is 0 Å². The first kappa shape index (κ1) is 12.1. The molecule has 0 aliphatic heterocycles. The largest absolute Gasteiger partial charge is 0.379 e. The molecule has 2 aromatic rings. The SMILES string of the molecule is Cc1cc(Br)c(F)cc1NCc1ccnn1C. The lowest BCUT2D eigenvalue weighted by Gasteiger charge is -2.10. The maximum Gasteiger partial charge on any atom is 0.139 e. The third kappa shape index (κ3) is 2.66. The molecule has 0 amide bonds. The number of nitrogens with zero attached hydrogens (tertiary/aromatic N) is 2. The molecule has 0 saturated carbocycles. The van der Waals surface area contributed by atoms with Crippen molar-refractivity contribution in [2.24, 2.45) is 7.05 Å². The molecule has 1 aromatic carbocycles. The third-order valence-corrected chi connectivity index (χ3v) is 3.26. The van der Waals surface area contributed by atoms with Gasteiger partial charge < -0.3 is 5.32 Å². The maximum atomic E-state index is 13.4. The number of rotatable bonds is 3. The molecular formula is C12H13BrFN3. The predicted molar refractivity (Wildman–Crippen MR) is 69.4 cm³/mol. The van der Waals surface area contributed by atoms with Crippen molar-refractivity contribution in [3.63, 3.8) is 0 Å². The normalized spacial score (nSPS) is 10.6. The molecule has 0 fully saturated rings. The van der Waals surface area contributed by atoms with E-state index in [4.69, 9.17) is 0 Å². The highest BCUT2D eigenvalue weighted by atomic mass is 79.9. The van der Waals surface area contributed by atoms with Crippen molar-refractivity contribution in [3.05, 3.63) is 45.9 Å². The lowest BCUT2D eigenvalue weighted by Crippen LogP contribution is -2.06. The second kappa shape index (κ2) is 4.87. The molecule has 0 saturated heterocycles. The van der Waals surface area contributed by atoms with Gasteiger partial charge >= 0.3 is 0 Å². The molecule has 0 unspecified atom stereocenters. The van der Waals surface area contributed by atoms with Gasteiger partial charge in [-0.1, -0.05) is 0 Å². The molecule has 3 nitrogen and oxygen atoms in total. The minimum atomic E-state index is -0.261. The highest BCUT2D eigenvalue weighted by Crippen LogP contribution is 2.24. The van der Waals surface area contributed by atoms with Crippen molar-refractivity contribution in [1.82, 2.24) is 9.78 Å². The van der Waals surface area contributed by atoms with E-state index in [9.17, 15) is 4.39 Å². The zero-order chi connectivity index (χ0) is 12.4. The Labute approximate surface area is 108 Å². The molecular weight excluding hydrogens is 285 g/mol. The van der Waals surface area contributed by atoms with Crippen LogP contribution in [-0.2, 0) is 13.6 Å². The Morgan fingerprint density at radius 1 is 1.47 bits per heavy atom. The fourth-order valence-electron chi connectivity index (χ4n) is 1.60. The topological polar surface area (TPSA) is 29.9 Å². The summed E-state index contributed by atoms with van der Waals surface area (Å²) in [5.74, 6) is -0.261. The van der Waals surface area contributed by atoms with Crippen molar-refractivity contribution in [2.45, 2.75) is 13.5 Å². The Morgan fingerprint density at radius 2 is 2.24 bits per heavy atom. The fourth-order valence-corrected chi connectivity index (χ4v) is 2.06.